The van der Waals surface area contributed by atoms with Crippen LogP contribution < -0.4 is 10.5 Å². The number of aliphatic hydroxyl groups is 3. The minimum Gasteiger partial charge on any atom is -0.399 e. The summed E-state index contributed by atoms with van der Waals surface area (Å²) >= 11 is 0. The molecule has 1 rings (SSSR count). The molecule has 0 bridgehead atoms. The highest BCUT2D eigenvalue weighted by molar-refractivity contribution is 7.89. The smallest absolute Gasteiger partial charge is 0.241 e. The van der Waals surface area contributed by atoms with Crippen molar-refractivity contribution in [1.29, 1.82) is 0 Å². The topological polar surface area (TPSA) is 133 Å². The first-order valence-corrected chi connectivity index (χ1v) is 7.43. The van der Waals surface area contributed by atoms with Crippen molar-refractivity contribution in [2.75, 3.05) is 25.6 Å². The molecule has 0 aromatic heterocycles. The Morgan fingerprint density at radius 3 is 2.10 bits per heavy atom. The van der Waals surface area contributed by atoms with Crippen LogP contribution in [0.1, 0.15) is 11.1 Å². The largest absolute Gasteiger partial charge is 0.399 e. The second kappa shape index (κ2) is 6.06. The average Bonchev–Trinajstić information content (AvgIpc) is 2.40. The molecule has 8 heteroatoms. The van der Waals surface area contributed by atoms with Crippen LogP contribution in [-0.4, -0.2) is 49.1 Å². The predicted octanol–water partition coefficient (Wildman–Crippen LogP) is -1.12. The zero-order chi connectivity index (χ0) is 15.6. The van der Waals surface area contributed by atoms with E-state index in [1.165, 1.54) is 6.07 Å². The van der Waals surface area contributed by atoms with E-state index in [-0.39, 0.29) is 10.6 Å². The van der Waals surface area contributed by atoms with E-state index >= 15 is 0 Å². The molecule has 0 aliphatic rings. The standard InChI is InChI=1S/C12H20N2O5S/c1-8-3-10(13)4-11(9(8)2)20(18,19)14-12(5-15,6-16)7-17/h3-4,14-17H,5-7,13H2,1-2H3. The van der Waals surface area contributed by atoms with E-state index in [4.69, 9.17) is 5.73 Å². The summed E-state index contributed by atoms with van der Waals surface area (Å²) in [6, 6.07) is 2.94. The molecule has 0 saturated heterocycles. The quantitative estimate of drug-likeness (QED) is 0.423. The SMILES string of the molecule is Cc1cc(N)cc(S(=O)(=O)NC(CO)(CO)CO)c1C. The molecule has 0 aliphatic carbocycles. The number of nitrogens with one attached hydrogen (secondary N) is 1. The van der Waals surface area contributed by atoms with E-state index in [9.17, 15) is 23.7 Å². The summed E-state index contributed by atoms with van der Waals surface area (Å²) in [6.45, 7) is 1.14. The number of anilines is 1. The van der Waals surface area contributed by atoms with E-state index in [2.05, 4.69) is 4.72 Å². The number of aliphatic hydroxyl groups excluding tert-OH is 3. The number of aryl methyl sites for hydroxylation is 1. The van der Waals surface area contributed by atoms with E-state index in [1.807, 2.05) is 0 Å². The molecule has 0 atom stereocenters. The zero-order valence-electron chi connectivity index (χ0n) is 11.4. The molecule has 0 spiro atoms. The number of sulfonamides is 1. The van der Waals surface area contributed by atoms with Crippen molar-refractivity contribution in [2.24, 2.45) is 0 Å². The molecule has 0 heterocycles. The lowest BCUT2D eigenvalue weighted by Crippen LogP contribution is -2.56. The van der Waals surface area contributed by atoms with E-state index < -0.39 is 35.4 Å². The van der Waals surface area contributed by atoms with Crippen molar-refractivity contribution in [3.63, 3.8) is 0 Å². The van der Waals surface area contributed by atoms with Gasteiger partial charge in [0, 0.05) is 5.69 Å². The summed E-state index contributed by atoms with van der Waals surface area (Å²) in [5.41, 5.74) is 5.43. The molecule has 20 heavy (non-hydrogen) atoms. The maximum atomic E-state index is 12.3. The highest BCUT2D eigenvalue weighted by Crippen LogP contribution is 2.23. The summed E-state index contributed by atoms with van der Waals surface area (Å²) in [5, 5.41) is 27.6. The second-order valence-corrected chi connectivity index (χ2v) is 6.47. The Labute approximate surface area is 118 Å². The summed E-state index contributed by atoms with van der Waals surface area (Å²) in [7, 11) is -4.04. The summed E-state index contributed by atoms with van der Waals surface area (Å²) in [6.07, 6.45) is 0. The highest BCUT2D eigenvalue weighted by Gasteiger charge is 2.34. The minimum absolute atomic E-state index is 0.0466. The molecule has 0 saturated carbocycles. The number of hydrogen-bond donors (Lipinski definition) is 5. The second-order valence-electron chi connectivity index (χ2n) is 4.82. The van der Waals surface area contributed by atoms with Gasteiger partial charge in [0.1, 0.15) is 5.54 Å². The van der Waals surface area contributed by atoms with Crippen LogP contribution in [0.4, 0.5) is 5.69 Å². The van der Waals surface area contributed by atoms with Crippen LogP contribution in [0, 0.1) is 13.8 Å². The van der Waals surface area contributed by atoms with Gasteiger partial charge in [-0.05, 0) is 37.1 Å². The maximum absolute atomic E-state index is 12.3. The molecule has 1 aromatic carbocycles. The van der Waals surface area contributed by atoms with Gasteiger partial charge in [-0.2, -0.15) is 4.72 Å². The Balaban J connectivity index is 3.31. The monoisotopic (exact) mass is 304 g/mol. The third-order valence-electron chi connectivity index (χ3n) is 3.19. The Hall–Kier alpha value is -1.19. The summed E-state index contributed by atoms with van der Waals surface area (Å²) < 4.78 is 26.8. The van der Waals surface area contributed by atoms with Crippen molar-refractivity contribution >= 4 is 15.7 Å². The molecule has 0 fully saturated rings. The number of benzene rings is 1. The van der Waals surface area contributed by atoms with E-state index in [1.54, 1.807) is 19.9 Å². The molecular formula is C12H20N2O5S. The average molecular weight is 304 g/mol. The van der Waals surface area contributed by atoms with Gasteiger partial charge in [0.25, 0.3) is 0 Å². The zero-order valence-corrected chi connectivity index (χ0v) is 12.2. The van der Waals surface area contributed by atoms with Gasteiger partial charge in [-0.1, -0.05) is 0 Å². The normalized spacial score (nSPS) is 12.7. The summed E-state index contributed by atoms with van der Waals surface area (Å²) in [4.78, 5) is -0.0466. The third kappa shape index (κ3) is 3.28. The lowest BCUT2D eigenvalue weighted by molar-refractivity contribution is 0.0582. The van der Waals surface area contributed by atoms with Crippen LogP contribution in [0.3, 0.4) is 0 Å². The lowest BCUT2D eigenvalue weighted by Gasteiger charge is -2.28. The van der Waals surface area contributed by atoms with Crippen molar-refractivity contribution in [3.05, 3.63) is 23.3 Å². The highest BCUT2D eigenvalue weighted by atomic mass is 32.2. The molecule has 114 valence electrons. The Morgan fingerprint density at radius 1 is 1.15 bits per heavy atom. The molecular weight excluding hydrogens is 284 g/mol. The van der Waals surface area contributed by atoms with Crippen molar-refractivity contribution in [3.8, 4) is 0 Å². The fraction of sp³-hybridized carbons (Fsp3) is 0.500. The van der Waals surface area contributed by atoms with Crippen LogP contribution in [0.2, 0.25) is 0 Å². The number of rotatable bonds is 6. The lowest BCUT2D eigenvalue weighted by atomic mass is 10.1. The molecule has 6 N–H and O–H groups in total. The first kappa shape index (κ1) is 16.9. The fourth-order valence-electron chi connectivity index (χ4n) is 1.72. The first-order chi connectivity index (χ1) is 9.21. The number of hydrogen-bond acceptors (Lipinski definition) is 6. The molecule has 7 nitrogen and oxygen atoms in total. The number of nitrogen functional groups attached to an aromatic ring is 1. The van der Waals surface area contributed by atoms with Gasteiger partial charge in [0.15, 0.2) is 0 Å². The van der Waals surface area contributed by atoms with E-state index in [0.717, 1.165) is 0 Å². The van der Waals surface area contributed by atoms with Gasteiger partial charge in [-0.15, -0.1) is 0 Å². The van der Waals surface area contributed by atoms with Gasteiger partial charge in [-0.25, -0.2) is 8.42 Å². The first-order valence-electron chi connectivity index (χ1n) is 5.94. The van der Waals surface area contributed by atoms with Crippen LogP contribution in [0.5, 0.6) is 0 Å². The van der Waals surface area contributed by atoms with Gasteiger partial charge < -0.3 is 21.1 Å². The molecule has 0 unspecified atom stereocenters. The van der Waals surface area contributed by atoms with Gasteiger partial charge in [-0.3, -0.25) is 0 Å². The van der Waals surface area contributed by atoms with Gasteiger partial charge in [0.2, 0.25) is 10.0 Å². The molecule has 0 aliphatic heterocycles. The van der Waals surface area contributed by atoms with Crippen molar-refractivity contribution in [2.45, 2.75) is 24.3 Å². The van der Waals surface area contributed by atoms with Crippen LogP contribution in [0.15, 0.2) is 17.0 Å². The van der Waals surface area contributed by atoms with Gasteiger partial charge in [0.05, 0.1) is 24.7 Å². The van der Waals surface area contributed by atoms with Crippen LogP contribution >= 0.6 is 0 Å². The minimum atomic E-state index is -4.04. The fourth-order valence-corrected chi connectivity index (χ4v) is 3.45. The van der Waals surface area contributed by atoms with Crippen LogP contribution in [-0.2, 0) is 10.0 Å². The summed E-state index contributed by atoms with van der Waals surface area (Å²) in [5.74, 6) is 0. The Bertz CT molecular complexity index is 573. The predicted molar refractivity (Wildman–Crippen MR) is 74.6 cm³/mol. The van der Waals surface area contributed by atoms with E-state index in [0.29, 0.717) is 11.1 Å². The van der Waals surface area contributed by atoms with Crippen LogP contribution in [0.25, 0.3) is 0 Å². The Kier molecular flexibility index (Phi) is 5.11. The van der Waals surface area contributed by atoms with Crippen molar-refractivity contribution < 1.29 is 23.7 Å². The molecule has 0 amide bonds. The Morgan fingerprint density at radius 2 is 1.65 bits per heavy atom. The third-order valence-corrected chi connectivity index (χ3v) is 4.90. The van der Waals surface area contributed by atoms with Gasteiger partial charge >= 0.3 is 0 Å². The van der Waals surface area contributed by atoms with Crippen molar-refractivity contribution in [1.82, 2.24) is 4.72 Å². The molecule has 1 aromatic rings. The maximum Gasteiger partial charge on any atom is 0.241 e. The number of nitrogens with two attached hydrogens (primary N) is 1. The molecule has 0 radical (unpaired) electrons.